The Bertz CT molecular complexity index is 992. The summed E-state index contributed by atoms with van der Waals surface area (Å²) in [7, 11) is 1.67. The van der Waals surface area contributed by atoms with Crippen molar-refractivity contribution in [3.05, 3.63) is 59.9 Å². The minimum atomic E-state index is -1.05. The molecule has 0 bridgehead atoms. The number of benzene rings is 2. The first kappa shape index (κ1) is 19.0. The van der Waals surface area contributed by atoms with Gasteiger partial charge in [-0.05, 0) is 31.2 Å². The molecule has 1 aromatic heterocycles. The van der Waals surface area contributed by atoms with Crippen LogP contribution < -0.4 is 5.32 Å². The second-order valence-corrected chi connectivity index (χ2v) is 7.03. The molecular formula is C18H15F3N4OS. The molecule has 0 fully saturated rings. The van der Waals surface area contributed by atoms with Crippen molar-refractivity contribution in [2.75, 3.05) is 5.32 Å². The number of nitrogens with zero attached hydrogens (tertiary/aromatic N) is 3. The molecule has 3 rings (SSSR count). The van der Waals surface area contributed by atoms with Crippen molar-refractivity contribution in [3.63, 3.8) is 0 Å². The van der Waals surface area contributed by atoms with Crippen molar-refractivity contribution < 1.29 is 18.0 Å². The molecule has 1 unspecified atom stereocenters. The Hall–Kier alpha value is -2.81. The quantitative estimate of drug-likeness (QED) is 0.667. The fourth-order valence-corrected chi connectivity index (χ4v) is 3.14. The summed E-state index contributed by atoms with van der Waals surface area (Å²) in [5, 5.41) is 10.3. The molecule has 0 aliphatic rings. The van der Waals surface area contributed by atoms with Gasteiger partial charge < -0.3 is 9.88 Å². The topological polar surface area (TPSA) is 59.8 Å². The van der Waals surface area contributed by atoms with Crippen LogP contribution in [0.25, 0.3) is 11.4 Å². The third-order valence-electron chi connectivity index (χ3n) is 3.79. The number of halogens is 3. The smallest absolute Gasteiger partial charge is 0.237 e. The molecule has 1 heterocycles. The number of rotatable bonds is 5. The fraction of sp³-hybridized carbons (Fsp3) is 0.167. The van der Waals surface area contributed by atoms with E-state index in [1.165, 1.54) is 12.1 Å². The van der Waals surface area contributed by atoms with E-state index < -0.39 is 28.6 Å². The molecule has 5 nitrogen and oxygen atoms in total. The van der Waals surface area contributed by atoms with E-state index in [0.717, 1.165) is 23.9 Å². The van der Waals surface area contributed by atoms with Gasteiger partial charge in [-0.25, -0.2) is 13.2 Å². The molecule has 1 amide bonds. The van der Waals surface area contributed by atoms with E-state index >= 15 is 0 Å². The maximum Gasteiger partial charge on any atom is 0.237 e. The minimum absolute atomic E-state index is 0.149. The largest absolute Gasteiger partial charge is 0.325 e. The van der Waals surface area contributed by atoms with Crippen molar-refractivity contribution in [3.8, 4) is 11.4 Å². The summed E-state index contributed by atoms with van der Waals surface area (Å²) in [6.45, 7) is 1.64. The number of thioether (sulfide) groups is 1. The highest BCUT2D eigenvalue weighted by Gasteiger charge is 2.20. The fourth-order valence-electron chi connectivity index (χ4n) is 2.32. The van der Waals surface area contributed by atoms with Crippen molar-refractivity contribution in [2.45, 2.75) is 17.3 Å². The first-order valence-electron chi connectivity index (χ1n) is 7.93. The van der Waals surface area contributed by atoms with Gasteiger partial charge in [-0.1, -0.05) is 23.9 Å². The third-order valence-corrected chi connectivity index (χ3v) is 4.92. The van der Waals surface area contributed by atoms with Crippen molar-refractivity contribution in [1.82, 2.24) is 14.8 Å². The van der Waals surface area contributed by atoms with Gasteiger partial charge in [0.1, 0.15) is 5.82 Å². The zero-order valence-electron chi connectivity index (χ0n) is 14.4. The molecular weight excluding hydrogens is 377 g/mol. The summed E-state index contributed by atoms with van der Waals surface area (Å²) in [6, 6.07) is 9.30. The molecule has 27 heavy (non-hydrogen) atoms. The number of aromatic nitrogens is 3. The lowest BCUT2D eigenvalue weighted by Gasteiger charge is -2.12. The van der Waals surface area contributed by atoms with Gasteiger partial charge in [0.2, 0.25) is 5.91 Å². The summed E-state index contributed by atoms with van der Waals surface area (Å²) < 4.78 is 41.7. The summed E-state index contributed by atoms with van der Waals surface area (Å²) in [6.07, 6.45) is 0. The highest BCUT2D eigenvalue weighted by molar-refractivity contribution is 8.00. The summed E-state index contributed by atoms with van der Waals surface area (Å²) in [5.41, 5.74) is 0.453. The molecule has 0 saturated carbocycles. The number of hydrogen-bond donors (Lipinski definition) is 1. The van der Waals surface area contributed by atoms with Crippen LogP contribution in [0.5, 0.6) is 0 Å². The Kier molecular flexibility index (Phi) is 5.50. The van der Waals surface area contributed by atoms with E-state index in [9.17, 15) is 18.0 Å². The SMILES string of the molecule is CC(Sc1nnc(-c2ccccc2F)n1C)C(=O)Nc1ccc(F)c(F)c1. The number of amides is 1. The molecule has 9 heteroatoms. The average Bonchev–Trinajstić information content (AvgIpc) is 2.99. The first-order valence-corrected chi connectivity index (χ1v) is 8.81. The van der Waals surface area contributed by atoms with E-state index in [0.29, 0.717) is 16.5 Å². The molecule has 0 aliphatic heterocycles. The summed E-state index contributed by atoms with van der Waals surface area (Å²) in [4.78, 5) is 12.3. The second kappa shape index (κ2) is 7.83. The van der Waals surface area contributed by atoms with Crippen LogP contribution in [0, 0.1) is 17.5 Å². The van der Waals surface area contributed by atoms with Crippen LogP contribution in [0.3, 0.4) is 0 Å². The third kappa shape index (κ3) is 4.13. The number of anilines is 1. The number of carbonyl (C=O) groups excluding carboxylic acids is 1. The lowest BCUT2D eigenvalue weighted by Crippen LogP contribution is -2.23. The predicted octanol–water partition coefficient (Wildman–Crippen LogP) is 4.02. The average molecular weight is 392 g/mol. The van der Waals surface area contributed by atoms with Gasteiger partial charge in [0, 0.05) is 18.8 Å². The maximum atomic E-state index is 13.9. The van der Waals surface area contributed by atoms with Gasteiger partial charge in [0.05, 0.1) is 10.8 Å². The molecule has 1 N–H and O–H groups in total. The molecule has 0 saturated heterocycles. The Morgan fingerprint density at radius 2 is 1.81 bits per heavy atom. The van der Waals surface area contributed by atoms with E-state index in [4.69, 9.17) is 0 Å². The second-order valence-electron chi connectivity index (χ2n) is 5.72. The molecule has 140 valence electrons. The van der Waals surface area contributed by atoms with Crippen molar-refractivity contribution >= 4 is 23.4 Å². The Balaban J connectivity index is 1.72. The molecule has 1 atom stereocenters. The Morgan fingerprint density at radius 1 is 1.07 bits per heavy atom. The lowest BCUT2D eigenvalue weighted by molar-refractivity contribution is -0.115. The molecule has 3 aromatic rings. The molecule has 0 spiro atoms. The van der Waals surface area contributed by atoms with Crippen LogP contribution in [0.15, 0.2) is 47.6 Å². The van der Waals surface area contributed by atoms with Crippen LogP contribution in [-0.2, 0) is 11.8 Å². The standard InChI is InChI=1S/C18H15F3N4OS/c1-10(17(26)22-11-7-8-14(20)15(21)9-11)27-18-24-23-16(25(18)2)12-5-3-4-6-13(12)19/h3-10H,1-2H3,(H,22,26). The van der Waals surface area contributed by atoms with Crippen LogP contribution in [0.4, 0.5) is 18.9 Å². The summed E-state index contributed by atoms with van der Waals surface area (Å²) >= 11 is 1.11. The number of nitrogens with one attached hydrogen (secondary N) is 1. The first-order chi connectivity index (χ1) is 12.9. The van der Waals surface area contributed by atoms with Gasteiger partial charge in [-0.15, -0.1) is 10.2 Å². The van der Waals surface area contributed by atoms with E-state index in [-0.39, 0.29) is 5.69 Å². The van der Waals surface area contributed by atoms with E-state index in [2.05, 4.69) is 15.5 Å². The highest BCUT2D eigenvalue weighted by Crippen LogP contribution is 2.27. The van der Waals surface area contributed by atoms with E-state index in [1.54, 1.807) is 36.7 Å². The normalized spacial score (nSPS) is 12.0. The van der Waals surface area contributed by atoms with Gasteiger partial charge in [0.15, 0.2) is 22.6 Å². The van der Waals surface area contributed by atoms with Crippen LogP contribution in [0.1, 0.15) is 6.92 Å². The summed E-state index contributed by atoms with van der Waals surface area (Å²) in [5.74, 6) is -2.54. The number of carbonyl (C=O) groups is 1. The maximum absolute atomic E-state index is 13.9. The molecule has 2 aromatic carbocycles. The lowest BCUT2D eigenvalue weighted by atomic mass is 10.2. The predicted molar refractivity (Wildman–Crippen MR) is 96.7 cm³/mol. The van der Waals surface area contributed by atoms with Crippen molar-refractivity contribution in [1.29, 1.82) is 0 Å². The van der Waals surface area contributed by atoms with Crippen LogP contribution in [0.2, 0.25) is 0 Å². The zero-order valence-corrected chi connectivity index (χ0v) is 15.2. The zero-order chi connectivity index (χ0) is 19.6. The molecule has 0 radical (unpaired) electrons. The van der Waals surface area contributed by atoms with Crippen LogP contribution >= 0.6 is 11.8 Å². The number of hydrogen-bond acceptors (Lipinski definition) is 4. The van der Waals surface area contributed by atoms with E-state index in [1.807, 2.05) is 0 Å². The van der Waals surface area contributed by atoms with Gasteiger partial charge in [0.25, 0.3) is 0 Å². The minimum Gasteiger partial charge on any atom is -0.325 e. The van der Waals surface area contributed by atoms with Gasteiger partial charge >= 0.3 is 0 Å². The van der Waals surface area contributed by atoms with Crippen LogP contribution in [-0.4, -0.2) is 25.9 Å². The van der Waals surface area contributed by atoms with Gasteiger partial charge in [-0.3, -0.25) is 4.79 Å². The van der Waals surface area contributed by atoms with Gasteiger partial charge in [-0.2, -0.15) is 0 Å². The Labute approximate surface area is 157 Å². The highest BCUT2D eigenvalue weighted by atomic mass is 32.2. The Morgan fingerprint density at radius 3 is 2.52 bits per heavy atom. The monoisotopic (exact) mass is 392 g/mol. The molecule has 0 aliphatic carbocycles. The van der Waals surface area contributed by atoms with Crippen molar-refractivity contribution in [2.24, 2.45) is 7.05 Å².